The summed E-state index contributed by atoms with van der Waals surface area (Å²) in [7, 11) is 0. The van der Waals surface area contributed by atoms with E-state index in [0.717, 1.165) is 18.7 Å². The predicted octanol–water partition coefficient (Wildman–Crippen LogP) is 6.12. The number of hydrogen-bond donors (Lipinski definition) is 1. The van der Waals surface area contributed by atoms with Gasteiger partial charge in [0, 0.05) is 24.0 Å². The molecular weight excluding hydrogens is 334 g/mol. The van der Waals surface area contributed by atoms with Crippen molar-refractivity contribution < 1.29 is 9.53 Å². The van der Waals surface area contributed by atoms with Crippen LogP contribution in [0.3, 0.4) is 0 Å². The molecule has 0 amide bonds. The van der Waals surface area contributed by atoms with Gasteiger partial charge in [0.1, 0.15) is 5.60 Å². The van der Waals surface area contributed by atoms with Gasteiger partial charge in [-0.25, -0.2) is 0 Å². The van der Waals surface area contributed by atoms with Crippen molar-refractivity contribution in [3.05, 3.63) is 54.6 Å². The lowest BCUT2D eigenvalue weighted by atomic mass is 9.93. The van der Waals surface area contributed by atoms with Crippen LogP contribution in [0.4, 0.5) is 5.69 Å². The lowest BCUT2D eigenvalue weighted by Crippen LogP contribution is -2.24. The topological polar surface area (TPSA) is 38.3 Å². The third kappa shape index (κ3) is 3.55. The Morgan fingerprint density at radius 2 is 1.52 bits per heavy atom. The van der Waals surface area contributed by atoms with Gasteiger partial charge in [-0.1, -0.05) is 48.5 Å². The van der Waals surface area contributed by atoms with Crippen molar-refractivity contribution in [3.63, 3.8) is 0 Å². The summed E-state index contributed by atoms with van der Waals surface area (Å²) in [6, 6.07) is 19.5. The molecule has 0 unspecified atom stereocenters. The van der Waals surface area contributed by atoms with E-state index in [2.05, 4.69) is 59.9 Å². The number of ether oxygens (including phenoxy) is 1. The van der Waals surface area contributed by atoms with E-state index >= 15 is 0 Å². The average Bonchev–Trinajstić information content (AvgIpc) is 2.62. The normalized spacial score (nSPS) is 12.1. The minimum atomic E-state index is -0.420. The first-order chi connectivity index (χ1) is 12.9. The summed E-state index contributed by atoms with van der Waals surface area (Å²) >= 11 is 0. The van der Waals surface area contributed by atoms with E-state index < -0.39 is 5.60 Å². The Hall–Kier alpha value is -2.81. The van der Waals surface area contributed by atoms with E-state index in [0.29, 0.717) is 6.42 Å². The van der Waals surface area contributed by atoms with Crippen LogP contribution in [0.2, 0.25) is 0 Å². The molecule has 3 heteroatoms. The first-order valence-corrected chi connectivity index (χ1v) is 9.55. The van der Waals surface area contributed by atoms with E-state index in [-0.39, 0.29) is 5.97 Å². The van der Waals surface area contributed by atoms with Gasteiger partial charge in [0.2, 0.25) is 0 Å². The summed E-state index contributed by atoms with van der Waals surface area (Å²) in [6.07, 6.45) is 1.17. The molecule has 4 aromatic carbocycles. The predicted molar refractivity (Wildman–Crippen MR) is 114 cm³/mol. The van der Waals surface area contributed by atoms with E-state index in [1.54, 1.807) is 0 Å². The molecule has 4 rings (SSSR count). The summed E-state index contributed by atoms with van der Waals surface area (Å²) in [5.74, 6) is -0.139. The Kier molecular flexibility index (Phi) is 4.39. The van der Waals surface area contributed by atoms with Gasteiger partial charge in [-0.2, -0.15) is 0 Å². The van der Waals surface area contributed by atoms with Crippen molar-refractivity contribution in [2.24, 2.45) is 0 Å². The molecule has 0 aliphatic rings. The minimum absolute atomic E-state index is 0.139. The average molecular weight is 359 g/mol. The van der Waals surface area contributed by atoms with Crippen LogP contribution in [0.25, 0.3) is 32.3 Å². The second-order valence-electron chi connectivity index (χ2n) is 8.09. The third-order valence-electron chi connectivity index (χ3n) is 4.82. The van der Waals surface area contributed by atoms with Gasteiger partial charge >= 0.3 is 5.97 Å². The van der Waals surface area contributed by atoms with Crippen LogP contribution in [0, 0.1) is 0 Å². The molecule has 138 valence electrons. The molecule has 0 aliphatic heterocycles. The standard InChI is InChI=1S/C24H25NO2/c1-24(2,3)27-21(26)8-5-15-25-20-14-12-18-10-9-16-6-4-7-17-11-13-19(20)23(18)22(16)17/h4,6-7,9-14,25H,5,8,15H2,1-3H3. The SMILES string of the molecule is CC(C)(C)OC(=O)CCCNc1ccc2ccc3cccc4ccc1c2c34. The molecular formula is C24H25NO2. The maximum Gasteiger partial charge on any atom is 0.306 e. The van der Waals surface area contributed by atoms with Crippen LogP contribution in [0.1, 0.15) is 33.6 Å². The maximum absolute atomic E-state index is 11.9. The lowest BCUT2D eigenvalue weighted by molar-refractivity contribution is -0.154. The highest BCUT2D eigenvalue weighted by Gasteiger charge is 2.15. The van der Waals surface area contributed by atoms with Crippen molar-refractivity contribution in [3.8, 4) is 0 Å². The number of esters is 1. The zero-order chi connectivity index (χ0) is 19.0. The molecule has 27 heavy (non-hydrogen) atoms. The van der Waals surface area contributed by atoms with Gasteiger partial charge in [0.25, 0.3) is 0 Å². The molecule has 0 atom stereocenters. The molecule has 0 fully saturated rings. The molecule has 0 aromatic heterocycles. The molecule has 3 nitrogen and oxygen atoms in total. The van der Waals surface area contributed by atoms with Crippen LogP contribution in [-0.4, -0.2) is 18.1 Å². The molecule has 0 saturated heterocycles. The zero-order valence-corrected chi connectivity index (χ0v) is 16.1. The maximum atomic E-state index is 11.9. The Labute approximate surface area is 159 Å². The summed E-state index contributed by atoms with van der Waals surface area (Å²) < 4.78 is 5.37. The summed E-state index contributed by atoms with van der Waals surface area (Å²) in [4.78, 5) is 11.9. The van der Waals surface area contributed by atoms with E-state index in [4.69, 9.17) is 4.74 Å². The second-order valence-corrected chi connectivity index (χ2v) is 8.09. The van der Waals surface area contributed by atoms with Crippen molar-refractivity contribution >= 4 is 44.0 Å². The molecule has 4 aromatic rings. The lowest BCUT2D eigenvalue weighted by Gasteiger charge is -2.19. The van der Waals surface area contributed by atoms with Crippen molar-refractivity contribution in [2.45, 2.75) is 39.2 Å². The third-order valence-corrected chi connectivity index (χ3v) is 4.82. The van der Waals surface area contributed by atoms with Crippen LogP contribution in [0.5, 0.6) is 0 Å². The van der Waals surface area contributed by atoms with Gasteiger partial charge in [0.05, 0.1) is 0 Å². The second kappa shape index (κ2) is 6.73. The highest BCUT2D eigenvalue weighted by Crippen LogP contribution is 2.37. The van der Waals surface area contributed by atoms with Gasteiger partial charge in [-0.15, -0.1) is 0 Å². The Morgan fingerprint density at radius 3 is 2.22 bits per heavy atom. The number of nitrogens with one attached hydrogen (secondary N) is 1. The van der Waals surface area contributed by atoms with E-state index in [1.807, 2.05) is 20.8 Å². The molecule has 0 saturated carbocycles. The van der Waals surface area contributed by atoms with Crippen molar-refractivity contribution in [1.29, 1.82) is 0 Å². The first-order valence-electron chi connectivity index (χ1n) is 9.55. The fourth-order valence-corrected chi connectivity index (χ4v) is 3.74. The number of hydrogen-bond acceptors (Lipinski definition) is 3. The molecule has 0 aliphatic carbocycles. The number of rotatable bonds is 5. The molecule has 1 N–H and O–H groups in total. The summed E-state index contributed by atoms with van der Waals surface area (Å²) in [6.45, 7) is 6.43. The van der Waals surface area contributed by atoms with Crippen LogP contribution in [0.15, 0.2) is 54.6 Å². The van der Waals surface area contributed by atoms with E-state index in [9.17, 15) is 4.79 Å². The van der Waals surface area contributed by atoms with Crippen molar-refractivity contribution in [1.82, 2.24) is 0 Å². The number of anilines is 1. The van der Waals surface area contributed by atoms with Gasteiger partial charge in [0.15, 0.2) is 0 Å². The smallest absolute Gasteiger partial charge is 0.306 e. The van der Waals surface area contributed by atoms with Crippen LogP contribution >= 0.6 is 0 Å². The highest BCUT2D eigenvalue weighted by atomic mass is 16.6. The molecule has 0 heterocycles. The van der Waals surface area contributed by atoms with Crippen LogP contribution in [-0.2, 0) is 9.53 Å². The summed E-state index contributed by atoms with van der Waals surface area (Å²) in [5, 5.41) is 11.2. The number of carbonyl (C=O) groups excluding carboxylic acids is 1. The van der Waals surface area contributed by atoms with E-state index in [1.165, 1.54) is 32.3 Å². The van der Waals surface area contributed by atoms with Gasteiger partial charge in [-0.3, -0.25) is 4.79 Å². The van der Waals surface area contributed by atoms with Crippen molar-refractivity contribution in [2.75, 3.05) is 11.9 Å². The Morgan fingerprint density at radius 1 is 0.889 bits per heavy atom. The van der Waals surface area contributed by atoms with Gasteiger partial charge < -0.3 is 10.1 Å². The summed E-state index contributed by atoms with van der Waals surface area (Å²) in [5.41, 5.74) is 0.696. The van der Waals surface area contributed by atoms with Gasteiger partial charge in [-0.05, 0) is 60.2 Å². The zero-order valence-electron chi connectivity index (χ0n) is 16.1. The Bertz CT molecular complexity index is 1090. The Balaban J connectivity index is 1.55. The number of carbonyl (C=O) groups is 1. The molecule has 0 radical (unpaired) electrons. The fourth-order valence-electron chi connectivity index (χ4n) is 3.74. The number of benzene rings is 4. The molecule has 0 spiro atoms. The van der Waals surface area contributed by atoms with Crippen LogP contribution < -0.4 is 5.32 Å². The highest BCUT2D eigenvalue weighted by molar-refractivity contribution is 6.25. The minimum Gasteiger partial charge on any atom is -0.460 e. The fraction of sp³-hybridized carbons (Fsp3) is 0.292. The first kappa shape index (κ1) is 17.6. The quantitative estimate of drug-likeness (QED) is 0.265. The molecule has 0 bridgehead atoms. The monoisotopic (exact) mass is 359 g/mol. The largest absolute Gasteiger partial charge is 0.460 e.